The van der Waals surface area contributed by atoms with Gasteiger partial charge in [-0.1, -0.05) is 6.07 Å². The predicted molar refractivity (Wildman–Crippen MR) is 92.4 cm³/mol. The smallest absolute Gasteiger partial charge is 0.280 e. The molecule has 7 heteroatoms. The second-order valence-electron chi connectivity index (χ2n) is 5.83. The number of amides is 1. The second-order valence-corrected chi connectivity index (χ2v) is 5.83. The SMILES string of the molecule is CON(C)C(=O)C(/C=C(\C)F)=C/Oc1cccc(C2CCNCC2)n1. The van der Waals surface area contributed by atoms with Gasteiger partial charge in [0.15, 0.2) is 0 Å². The molecule has 1 aliphatic heterocycles. The average Bonchev–Trinajstić information content (AvgIpc) is 2.64. The molecule has 6 nitrogen and oxygen atoms in total. The van der Waals surface area contributed by atoms with Crippen molar-refractivity contribution in [2.24, 2.45) is 0 Å². The summed E-state index contributed by atoms with van der Waals surface area (Å²) in [5.74, 6) is -0.271. The molecule has 0 spiro atoms. The van der Waals surface area contributed by atoms with E-state index >= 15 is 0 Å². The van der Waals surface area contributed by atoms with Gasteiger partial charge in [-0.25, -0.2) is 14.4 Å². The first-order valence-electron chi connectivity index (χ1n) is 8.21. The molecule has 0 aliphatic carbocycles. The minimum atomic E-state index is -0.519. The first-order chi connectivity index (χ1) is 12.0. The van der Waals surface area contributed by atoms with Crippen molar-refractivity contribution in [2.45, 2.75) is 25.7 Å². The Bertz CT molecular complexity index is 651. The van der Waals surface area contributed by atoms with Gasteiger partial charge in [-0.2, -0.15) is 0 Å². The molecule has 0 radical (unpaired) electrons. The average molecular weight is 349 g/mol. The molecule has 0 unspecified atom stereocenters. The van der Waals surface area contributed by atoms with Crippen LogP contribution in [0.15, 0.2) is 41.9 Å². The topological polar surface area (TPSA) is 63.7 Å². The Morgan fingerprint density at radius 3 is 2.76 bits per heavy atom. The zero-order valence-electron chi connectivity index (χ0n) is 14.8. The van der Waals surface area contributed by atoms with Gasteiger partial charge in [0, 0.05) is 24.7 Å². The molecule has 0 bridgehead atoms. The highest BCUT2D eigenvalue weighted by Gasteiger charge is 2.17. The fraction of sp³-hybridized carbons (Fsp3) is 0.444. The highest BCUT2D eigenvalue weighted by Crippen LogP contribution is 2.25. The van der Waals surface area contributed by atoms with Crippen molar-refractivity contribution < 1.29 is 18.8 Å². The summed E-state index contributed by atoms with van der Waals surface area (Å²) in [7, 11) is 2.79. The maximum atomic E-state index is 13.2. The zero-order valence-corrected chi connectivity index (χ0v) is 14.8. The summed E-state index contributed by atoms with van der Waals surface area (Å²) in [5.41, 5.74) is 0.991. The molecule has 1 fully saturated rings. The molecule has 1 aromatic heterocycles. The normalized spacial score (nSPS) is 16.6. The molecule has 1 amide bonds. The van der Waals surface area contributed by atoms with E-state index in [4.69, 9.17) is 9.57 Å². The Morgan fingerprint density at radius 1 is 1.40 bits per heavy atom. The van der Waals surface area contributed by atoms with Crippen LogP contribution >= 0.6 is 0 Å². The molecular formula is C18H24FN3O3. The maximum absolute atomic E-state index is 13.2. The Labute approximate surface area is 147 Å². The van der Waals surface area contributed by atoms with Crippen LogP contribution in [0, 0.1) is 0 Å². The van der Waals surface area contributed by atoms with E-state index in [0.717, 1.165) is 42.8 Å². The highest BCUT2D eigenvalue weighted by molar-refractivity contribution is 5.95. The highest BCUT2D eigenvalue weighted by atomic mass is 19.1. The van der Waals surface area contributed by atoms with Gasteiger partial charge in [0.1, 0.15) is 6.26 Å². The van der Waals surface area contributed by atoms with Crippen LogP contribution in [0.25, 0.3) is 0 Å². The number of nitrogens with zero attached hydrogens (tertiary/aromatic N) is 2. The number of hydrogen-bond donors (Lipinski definition) is 1. The summed E-state index contributed by atoms with van der Waals surface area (Å²) in [6.45, 7) is 3.20. The molecule has 1 N–H and O–H groups in total. The summed E-state index contributed by atoms with van der Waals surface area (Å²) in [6, 6.07) is 5.55. The van der Waals surface area contributed by atoms with Crippen LogP contribution in [-0.2, 0) is 9.63 Å². The number of nitrogens with one attached hydrogen (secondary N) is 1. The van der Waals surface area contributed by atoms with Crippen LogP contribution < -0.4 is 10.1 Å². The minimum absolute atomic E-state index is 0.0263. The number of aromatic nitrogens is 1. The van der Waals surface area contributed by atoms with Crippen molar-refractivity contribution in [3.63, 3.8) is 0 Å². The summed E-state index contributed by atoms with van der Waals surface area (Å²) in [5, 5.41) is 4.31. The standard InChI is InChI=1S/C18H24FN3O3/c1-13(19)11-15(18(23)22(2)24-3)12-25-17-6-4-5-16(21-17)14-7-9-20-10-8-14/h4-6,11-12,14,20H,7-10H2,1-3H3/b13-11+,15-12+. The molecule has 2 rings (SSSR count). The predicted octanol–water partition coefficient (Wildman–Crippen LogP) is 2.70. The van der Waals surface area contributed by atoms with Crippen LogP contribution in [0.1, 0.15) is 31.4 Å². The first kappa shape index (κ1) is 19.1. The van der Waals surface area contributed by atoms with Gasteiger partial charge in [-0.05, 0) is 45.0 Å². The van der Waals surface area contributed by atoms with Gasteiger partial charge in [-0.15, -0.1) is 0 Å². The molecule has 0 aromatic carbocycles. The number of pyridine rings is 1. The van der Waals surface area contributed by atoms with Crippen molar-refractivity contribution in [3.05, 3.63) is 47.6 Å². The second kappa shape index (κ2) is 9.29. The van der Waals surface area contributed by atoms with Gasteiger partial charge in [0.2, 0.25) is 5.88 Å². The molecule has 2 heterocycles. The van der Waals surface area contributed by atoms with Crippen molar-refractivity contribution in [3.8, 4) is 5.88 Å². The van der Waals surface area contributed by atoms with Crippen molar-refractivity contribution in [2.75, 3.05) is 27.2 Å². The number of allylic oxidation sites excluding steroid dienone is 1. The van der Waals surface area contributed by atoms with Crippen molar-refractivity contribution in [1.82, 2.24) is 15.4 Å². The van der Waals surface area contributed by atoms with E-state index in [-0.39, 0.29) is 5.57 Å². The van der Waals surface area contributed by atoms with Crippen LogP contribution in [0.4, 0.5) is 4.39 Å². The van der Waals surface area contributed by atoms with Gasteiger partial charge >= 0.3 is 0 Å². The number of carbonyl (C=O) groups is 1. The van der Waals surface area contributed by atoms with Crippen LogP contribution in [-0.4, -0.2) is 43.2 Å². The Morgan fingerprint density at radius 2 is 2.12 bits per heavy atom. The van der Waals surface area contributed by atoms with E-state index in [2.05, 4.69) is 10.3 Å². The summed E-state index contributed by atoms with van der Waals surface area (Å²) in [4.78, 5) is 21.5. The Hall–Kier alpha value is -2.25. The molecule has 0 saturated carbocycles. The molecule has 1 aliphatic rings. The number of ether oxygens (including phenoxy) is 1. The number of carbonyl (C=O) groups excluding carboxylic acids is 1. The monoisotopic (exact) mass is 349 g/mol. The summed E-state index contributed by atoms with van der Waals surface area (Å²) >= 11 is 0. The zero-order chi connectivity index (χ0) is 18.2. The fourth-order valence-electron chi connectivity index (χ4n) is 2.59. The lowest BCUT2D eigenvalue weighted by Crippen LogP contribution is -2.27. The minimum Gasteiger partial charge on any atom is -0.446 e. The van der Waals surface area contributed by atoms with Crippen LogP contribution in [0.2, 0.25) is 0 Å². The number of halogens is 1. The fourth-order valence-corrected chi connectivity index (χ4v) is 2.59. The number of piperidine rings is 1. The molecule has 25 heavy (non-hydrogen) atoms. The Balaban J connectivity index is 2.16. The summed E-state index contributed by atoms with van der Waals surface area (Å²) in [6.07, 6.45) is 4.33. The number of rotatable bonds is 6. The lowest BCUT2D eigenvalue weighted by Gasteiger charge is -2.22. The van der Waals surface area contributed by atoms with Gasteiger partial charge in [0.25, 0.3) is 5.91 Å². The largest absolute Gasteiger partial charge is 0.446 e. The van der Waals surface area contributed by atoms with Crippen LogP contribution in [0.3, 0.4) is 0 Å². The van der Waals surface area contributed by atoms with E-state index in [1.54, 1.807) is 6.07 Å². The number of likely N-dealkylation sites (N-methyl/N-ethyl adjacent to an activating group) is 1. The summed E-state index contributed by atoms with van der Waals surface area (Å²) < 4.78 is 18.8. The number of hydrogen-bond acceptors (Lipinski definition) is 5. The van der Waals surface area contributed by atoms with E-state index in [1.807, 2.05) is 12.1 Å². The van der Waals surface area contributed by atoms with Gasteiger partial charge in [0.05, 0.1) is 18.5 Å². The molecule has 1 saturated heterocycles. The molecule has 1 aromatic rings. The first-order valence-corrected chi connectivity index (χ1v) is 8.21. The lowest BCUT2D eigenvalue weighted by molar-refractivity contribution is -0.163. The van der Waals surface area contributed by atoms with Crippen molar-refractivity contribution in [1.29, 1.82) is 0 Å². The van der Waals surface area contributed by atoms with E-state index in [1.165, 1.54) is 27.3 Å². The third-order valence-corrected chi connectivity index (χ3v) is 3.97. The van der Waals surface area contributed by atoms with Crippen molar-refractivity contribution >= 4 is 5.91 Å². The lowest BCUT2D eigenvalue weighted by atomic mass is 9.94. The van der Waals surface area contributed by atoms with Crippen LogP contribution in [0.5, 0.6) is 5.88 Å². The van der Waals surface area contributed by atoms with E-state index in [9.17, 15) is 9.18 Å². The van der Waals surface area contributed by atoms with Gasteiger partial charge < -0.3 is 10.1 Å². The molecular weight excluding hydrogens is 325 g/mol. The maximum Gasteiger partial charge on any atom is 0.280 e. The Kier molecular flexibility index (Phi) is 7.09. The number of hydroxylamine groups is 2. The quantitative estimate of drug-likeness (QED) is 0.370. The van der Waals surface area contributed by atoms with E-state index in [0.29, 0.717) is 11.8 Å². The van der Waals surface area contributed by atoms with Gasteiger partial charge in [-0.3, -0.25) is 9.63 Å². The molecule has 136 valence electrons. The molecule has 0 atom stereocenters. The third-order valence-electron chi connectivity index (χ3n) is 3.97. The van der Waals surface area contributed by atoms with E-state index < -0.39 is 11.7 Å². The third kappa shape index (κ3) is 5.65.